The minimum absolute atomic E-state index is 0.259. The molecule has 5 rings (SSSR count). The molecule has 7 heteroatoms. The number of benzene rings is 2. The van der Waals surface area contributed by atoms with Crippen molar-refractivity contribution in [1.29, 1.82) is 0 Å². The van der Waals surface area contributed by atoms with Crippen LogP contribution in [0.3, 0.4) is 0 Å². The van der Waals surface area contributed by atoms with Crippen molar-refractivity contribution in [1.82, 2.24) is 19.9 Å². The predicted octanol–water partition coefficient (Wildman–Crippen LogP) is 5.39. The molecule has 2 aromatic carbocycles. The van der Waals surface area contributed by atoms with E-state index in [2.05, 4.69) is 31.8 Å². The topological polar surface area (TPSA) is 92.8 Å². The van der Waals surface area contributed by atoms with Crippen LogP contribution in [-0.2, 0) is 11.4 Å². The maximum Gasteiger partial charge on any atom is 0.247 e. The van der Waals surface area contributed by atoms with Crippen LogP contribution in [0.25, 0.3) is 33.4 Å². The zero-order valence-corrected chi connectivity index (χ0v) is 18.2. The lowest BCUT2D eigenvalue weighted by Crippen LogP contribution is -2.06. The number of anilines is 1. The normalized spacial score (nSPS) is 10.7. The summed E-state index contributed by atoms with van der Waals surface area (Å²) in [6.45, 7) is 3.91. The van der Waals surface area contributed by atoms with Gasteiger partial charge >= 0.3 is 0 Å². The fourth-order valence-electron chi connectivity index (χ4n) is 3.69. The van der Waals surface area contributed by atoms with E-state index in [9.17, 15) is 4.79 Å². The zero-order chi connectivity index (χ0) is 23.3. The number of amides is 1. The van der Waals surface area contributed by atoms with Gasteiger partial charge in [0, 0.05) is 34.6 Å². The summed E-state index contributed by atoms with van der Waals surface area (Å²) in [5.41, 5.74) is 5.86. The lowest BCUT2D eigenvalue weighted by Gasteiger charge is -2.10. The molecular weight excluding hydrogens is 426 g/mol. The van der Waals surface area contributed by atoms with Crippen molar-refractivity contribution in [2.75, 3.05) is 5.32 Å². The highest BCUT2D eigenvalue weighted by molar-refractivity contribution is 5.99. The van der Waals surface area contributed by atoms with Gasteiger partial charge in [0.25, 0.3) is 0 Å². The molecule has 0 aliphatic rings. The molecule has 0 bridgehead atoms. The van der Waals surface area contributed by atoms with Crippen molar-refractivity contribution >= 4 is 22.6 Å². The van der Waals surface area contributed by atoms with Gasteiger partial charge in [-0.3, -0.25) is 4.79 Å². The Bertz CT molecular complexity index is 1480. The van der Waals surface area contributed by atoms with E-state index in [1.165, 1.54) is 12.4 Å². The third kappa shape index (κ3) is 4.40. The quantitative estimate of drug-likeness (QED) is 0.326. The van der Waals surface area contributed by atoms with Crippen LogP contribution < -0.4 is 10.1 Å². The molecule has 7 nitrogen and oxygen atoms in total. The van der Waals surface area contributed by atoms with Gasteiger partial charge in [0.05, 0.1) is 6.20 Å². The van der Waals surface area contributed by atoms with E-state index >= 15 is 0 Å². The van der Waals surface area contributed by atoms with E-state index in [0.29, 0.717) is 23.7 Å². The Morgan fingerprint density at radius 2 is 1.91 bits per heavy atom. The summed E-state index contributed by atoms with van der Waals surface area (Å²) in [7, 11) is 0. The molecule has 3 aromatic heterocycles. The third-order valence-corrected chi connectivity index (χ3v) is 5.35. The average molecular weight is 447 g/mol. The Kier molecular flexibility index (Phi) is 5.82. The summed E-state index contributed by atoms with van der Waals surface area (Å²) in [5, 5.41) is 3.69. The molecule has 1 amide bonds. The summed E-state index contributed by atoms with van der Waals surface area (Å²) in [6.07, 6.45) is 8.09. The number of rotatable bonds is 7. The van der Waals surface area contributed by atoms with Crippen LogP contribution in [0.5, 0.6) is 5.75 Å². The van der Waals surface area contributed by atoms with E-state index < -0.39 is 0 Å². The van der Waals surface area contributed by atoms with Gasteiger partial charge in [0.15, 0.2) is 5.75 Å². The summed E-state index contributed by atoms with van der Waals surface area (Å²) in [6, 6.07) is 19.6. The molecule has 34 heavy (non-hydrogen) atoms. The second-order valence-electron chi connectivity index (χ2n) is 7.61. The number of carbonyl (C=O) groups is 1. The monoisotopic (exact) mass is 447 g/mol. The minimum Gasteiger partial charge on any atom is -0.485 e. The molecule has 0 spiro atoms. The van der Waals surface area contributed by atoms with E-state index in [1.807, 2.05) is 66.9 Å². The number of ether oxygens (including phenoxy) is 1. The summed E-state index contributed by atoms with van der Waals surface area (Å²) in [4.78, 5) is 28.1. The van der Waals surface area contributed by atoms with Crippen molar-refractivity contribution in [2.24, 2.45) is 0 Å². The van der Waals surface area contributed by atoms with Crippen LogP contribution in [0.1, 0.15) is 5.56 Å². The summed E-state index contributed by atoms with van der Waals surface area (Å²) in [5.74, 6) is 0.331. The van der Waals surface area contributed by atoms with Crippen molar-refractivity contribution < 1.29 is 9.53 Å². The molecule has 0 saturated heterocycles. The summed E-state index contributed by atoms with van der Waals surface area (Å²) >= 11 is 0. The molecule has 0 atom stereocenters. The number of carbonyl (C=O) groups excluding carboxylic acids is 1. The molecule has 0 aliphatic carbocycles. The number of hydrogen-bond acceptors (Lipinski definition) is 5. The lowest BCUT2D eigenvalue weighted by atomic mass is 10.0. The van der Waals surface area contributed by atoms with E-state index in [1.54, 1.807) is 12.4 Å². The average Bonchev–Trinajstić information content (AvgIpc) is 3.31. The largest absolute Gasteiger partial charge is 0.485 e. The Morgan fingerprint density at radius 1 is 1.03 bits per heavy atom. The Morgan fingerprint density at radius 3 is 2.76 bits per heavy atom. The summed E-state index contributed by atoms with van der Waals surface area (Å²) < 4.78 is 6.07. The van der Waals surface area contributed by atoms with Gasteiger partial charge in [-0.1, -0.05) is 49.0 Å². The molecule has 166 valence electrons. The maximum absolute atomic E-state index is 11.7. The molecule has 0 aliphatic heterocycles. The van der Waals surface area contributed by atoms with Crippen LogP contribution >= 0.6 is 0 Å². The Balaban J connectivity index is 1.50. The minimum atomic E-state index is -0.259. The molecule has 0 fully saturated rings. The van der Waals surface area contributed by atoms with Gasteiger partial charge in [-0.2, -0.15) is 0 Å². The SMILES string of the molecule is C=CC(=O)Nc1cccc(-c2cnc3[nH]cc(-c4ncncc4OCc4ccccc4)c3c2)c1. The van der Waals surface area contributed by atoms with Crippen molar-refractivity contribution in [3.05, 3.63) is 104 Å². The van der Waals surface area contributed by atoms with Crippen LogP contribution in [0.2, 0.25) is 0 Å². The van der Waals surface area contributed by atoms with Gasteiger partial charge in [0.2, 0.25) is 5.91 Å². The van der Waals surface area contributed by atoms with Gasteiger partial charge in [-0.15, -0.1) is 0 Å². The van der Waals surface area contributed by atoms with Gasteiger partial charge in [-0.25, -0.2) is 15.0 Å². The first-order chi connectivity index (χ1) is 16.7. The second kappa shape index (κ2) is 9.38. The highest BCUT2D eigenvalue weighted by Gasteiger charge is 2.15. The highest BCUT2D eigenvalue weighted by atomic mass is 16.5. The zero-order valence-electron chi connectivity index (χ0n) is 18.2. The Hall–Kier alpha value is -4.78. The first kappa shape index (κ1) is 21.1. The van der Waals surface area contributed by atoms with Crippen LogP contribution in [-0.4, -0.2) is 25.8 Å². The first-order valence-electron chi connectivity index (χ1n) is 10.7. The van der Waals surface area contributed by atoms with Crippen LogP contribution in [0, 0.1) is 0 Å². The number of aromatic amines is 1. The third-order valence-electron chi connectivity index (χ3n) is 5.35. The fourth-order valence-corrected chi connectivity index (χ4v) is 3.69. The van der Waals surface area contributed by atoms with E-state index in [0.717, 1.165) is 33.3 Å². The Labute approximate surface area is 196 Å². The number of aromatic nitrogens is 4. The number of hydrogen-bond donors (Lipinski definition) is 2. The maximum atomic E-state index is 11.7. The van der Waals surface area contributed by atoms with E-state index in [4.69, 9.17) is 4.74 Å². The smallest absolute Gasteiger partial charge is 0.247 e. The fraction of sp³-hybridized carbons (Fsp3) is 0.0370. The van der Waals surface area contributed by atoms with E-state index in [-0.39, 0.29) is 5.91 Å². The number of pyridine rings is 1. The van der Waals surface area contributed by atoms with Gasteiger partial charge in [0.1, 0.15) is 24.3 Å². The van der Waals surface area contributed by atoms with Gasteiger partial charge < -0.3 is 15.0 Å². The number of nitrogens with zero attached hydrogens (tertiary/aromatic N) is 3. The number of nitrogens with one attached hydrogen (secondary N) is 2. The molecule has 0 radical (unpaired) electrons. The molecule has 0 saturated carbocycles. The molecule has 2 N–H and O–H groups in total. The van der Waals surface area contributed by atoms with Crippen molar-refractivity contribution in [3.8, 4) is 28.1 Å². The number of H-pyrrole nitrogens is 1. The van der Waals surface area contributed by atoms with Gasteiger partial charge in [-0.05, 0) is 35.4 Å². The van der Waals surface area contributed by atoms with Crippen molar-refractivity contribution in [2.45, 2.75) is 6.61 Å². The molecule has 0 unspecified atom stereocenters. The van der Waals surface area contributed by atoms with Crippen molar-refractivity contribution in [3.63, 3.8) is 0 Å². The molecule has 3 heterocycles. The first-order valence-corrected chi connectivity index (χ1v) is 10.7. The number of fused-ring (bicyclic) bond motifs is 1. The molecular formula is C27H21N5O2. The van der Waals surface area contributed by atoms with Crippen LogP contribution in [0.15, 0.2) is 98.2 Å². The molecule has 5 aromatic rings. The predicted molar refractivity (Wildman–Crippen MR) is 132 cm³/mol. The van der Waals surface area contributed by atoms with Crippen LogP contribution in [0.4, 0.5) is 5.69 Å². The standard InChI is InChI=1S/C27H21N5O2/c1-2-25(33)32-21-10-6-9-19(11-21)20-12-22-23(14-30-27(22)29-13-20)26-24(15-28-17-31-26)34-16-18-7-4-3-5-8-18/h2-15,17H,1,16H2,(H,29,30)(H,32,33). The highest BCUT2D eigenvalue weighted by Crippen LogP contribution is 2.35. The second-order valence-corrected chi connectivity index (χ2v) is 7.61. The lowest BCUT2D eigenvalue weighted by molar-refractivity contribution is -0.111.